The van der Waals surface area contributed by atoms with E-state index in [-0.39, 0.29) is 11.6 Å². The SMILES string of the molecule is CC(=O)c1ccccc1C=CC(=O)c1ccccc1. The van der Waals surface area contributed by atoms with Crippen molar-refractivity contribution in [3.8, 4) is 0 Å². The number of rotatable bonds is 4. The van der Waals surface area contributed by atoms with Crippen molar-refractivity contribution < 1.29 is 9.59 Å². The average Bonchev–Trinajstić information content (AvgIpc) is 2.46. The average molecular weight is 250 g/mol. The van der Waals surface area contributed by atoms with E-state index in [0.29, 0.717) is 11.1 Å². The Kier molecular flexibility index (Phi) is 4.04. The van der Waals surface area contributed by atoms with Crippen molar-refractivity contribution in [1.29, 1.82) is 0 Å². The Hall–Kier alpha value is -2.48. The third-order valence-electron chi connectivity index (χ3n) is 2.81. The molecular formula is C17H14O2. The first kappa shape index (κ1) is 13.0. The number of hydrogen-bond acceptors (Lipinski definition) is 2. The highest BCUT2D eigenvalue weighted by Gasteiger charge is 2.04. The molecule has 2 aromatic rings. The summed E-state index contributed by atoms with van der Waals surface area (Å²) >= 11 is 0. The molecule has 0 aliphatic carbocycles. The maximum absolute atomic E-state index is 11.9. The fraction of sp³-hybridized carbons (Fsp3) is 0.0588. The Balaban J connectivity index is 2.24. The van der Waals surface area contributed by atoms with E-state index in [4.69, 9.17) is 0 Å². The zero-order valence-corrected chi connectivity index (χ0v) is 10.7. The summed E-state index contributed by atoms with van der Waals surface area (Å²) in [5.74, 6) is -0.0774. The van der Waals surface area contributed by atoms with Crippen LogP contribution in [0.1, 0.15) is 33.2 Å². The van der Waals surface area contributed by atoms with E-state index in [0.717, 1.165) is 5.56 Å². The number of hydrogen-bond donors (Lipinski definition) is 0. The van der Waals surface area contributed by atoms with Gasteiger partial charge in [0.25, 0.3) is 0 Å². The minimum Gasteiger partial charge on any atom is -0.294 e. The summed E-state index contributed by atoms with van der Waals surface area (Å²) in [6.45, 7) is 1.52. The molecule has 0 fully saturated rings. The second kappa shape index (κ2) is 5.91. The smallest absolute Gasteiger partial charge is 0.185 e. The number of allylic oxidation sites excluding steroid dienone is 1. The van der Waals surface area contributed by atoms with Crippen LogP contribution in [-0.2, 0) is 0 Å². The molecule has 0 bridgehead atoms. The van der Waals surface area contributed by atoms with Crippen LogP contribution in [0, 0.1) is 0 Å². The lowest BCUT2D eigenvalue weighted by Crippen LogP contribution is -1.96. The number of ketones is 2. The van der Waals surface area contributed by atoms with Crippen molar-refractivity contribution in [3.63, 3.8) is 0 Å². The minimum atomic E-state index is -0.0704. The van der Waals surface area contributed by atoms with Gasteiger partial charge in [-0.3, -0.25) is 9.59 Å². The summed E-state index contributed by atoms with van der Waals surface area (Å²) in [5.41, 5.74) is 2.03. The number of Topliss-reactive ketones (excluding diaryl/α,β-unsaturated/α-hetero) is 1. The molecule has 0 N–H and O–H groups in total. The fourth-order valence-corrected chi connectivity index (χ4v) is 1.83. The molecule has 0 aromatic heterocycles. The summed E-state index contributed by atoms with van der Waals surface area (Å²) in [6.07, 6.45) is 3.18. The van der Waals surface area contributed by atoms with Gasteiger partial charge in [-0.05, 0) is 18.6 Å². The van der Waals surface area contributed by atoms with E-state index < -0.39 is 0 Å². The van der Waals surface area contributed by atoms with Gasteiger partial charge in [0.1, 0.15) is 0 Å². The van der Waals surface area contributed by atoms with Crippen molar-refractivity contribution in [2.24, 2.45) is 0 Å². The maximum Gasteiger partial charge on any atom is 0.185 e. The molecule has 0 amide bonds. The van der Waals surface area contributed by atoms with Gasteiger partial charge in [-0.2, -0.15) is 0 Å². The molecule has 19 heavy (non-hydrogen) atoms. The predicted octanol–water partition coefficient (Wildman–Crippen LogP) is 3.79. The second-order valence-corrected chi connectivity index (χ2v) is 4.21. The quantitative estimate of drug-likeness (QED) is 0.611. The first-order valence-corrected chi connectivity index (χ1v) is 6.06. The Morgan fingerprint density at radius 3 is 2.21 bits per heavy atom. The summed E-state index contributed by atoms with van der Waals surface area (Å²) in [7, 11) is 0. The molecule has 2 nitrogen and oxygen atoms in total. The van der Waals surface area contributed by atoms with Gasteiger partial charge in [0.2, 0.25) is 0 Å². The van der Waals surface area contributed by atoms with Gasteiger partial charge < -0.3 is 0 Å². The van der Waals surface area contributed by atoms with Gasteiger partial charge in [0.15, 0.2) is 11.6 Å². The number of carbonyl (C=O) groups is 2. The first-order chi connectivity index (χ1) is 9.18. The monoisotopic (exact) mass is 250 g/mol. The highest BCUT2D eigenvalue weighted by Crippen LogP contribution is 2.12. The van der Waals surface area contributed by atoms with Crippen LogP contribution in [-0.4, -0.2) is 11.6 Å². The molecule has 0 spiro atoms. The molecule has 2 rings (SSSR count). The van der Waals surface area contributed by atoms with Crippen LogP contribution in [0.2, 0.25) is 0 Å². The third kappa shape index (κ3) is 3.26. The van der Waals surface area contributed by atoms with E-state index in [2.05, 4.69) is 0 Å². The van der Waals surface area contributed by atoms with Gasteiger partial charge >= 0.3 is 0 Å². The molecule has 0 aliphatic rings. The van der Waals surface area contributed by atoms with Crippen LogP contribution in [0.15, 0.2) is 60.7 Å². The molecule has 0 aliphatic heterocycles. The molecule has 0 saturated carbocycles. The lowest BCUT2D eigenvalue weighted by molar-refractivity contribution is 0.101. The van der Waals surface area contributed by atoms with Crippen LogP contribution < -0.4 is 0 Å². The Bertz CT molecular complexity index is 625. The topological polar surface area (TPSA) is 34.1 Å². The summed E-state index contributed by atoms with van der Waals surface area (Å²) in [4.78, 5) is 23.4. The molecule has 0 radical (unpaired) electrons. The van der Waals surface area contributed by atoms with E-state index >= 15 is 0 Å². The van der Waals surface area contributed by atoms with E-state index in [9.17, 15) is 9.59 Å². The summed E-state index contributed by atoms with van der Waals surface area (Å²) in [6, 6.07) is 16.3. The van der Waals surface area contributed by atoms with E-state index in [1.807, 2.05) is 36.4 Å². The molecule has 0 atom stereocenters. The molecule has 94 valence electrons. The van der Waals surface area contributed by atoms with Crippen molar-refractivity contribution >= 4 is 17.6 Å². The first-order valence-electron chi connectivity index (χ1n) is 6.06. The lowest BCUT2D eigenvalue weighted by Gasteiger charge is -2.01. The van der Waals surface area contributed by atoms with E-state index in [1.54, 1.807) is 24.3 Å². The van der Waals surface area contributed by atoms with Crippen molar-refractivity contribution in [2.45, 2.75) is 6.92 Å². The third-order valence-corrected chi connectivity index (χ3v) is 2.81. The predicted molar refractivity (Wildman–Crippen MR) is 76.3 cm³/mol. The largest absolute Gasteiger partial charge is 0.294 e. The van der Waals surface area contributed by atoms with Gasteiger partial charge in [-0.25, -0.2) is 0 Å². The molecule has 0 saturated heterocycles. The molecular weight excluding hydrogens is 236 g/mol. The molecule has 0 heterocycles. The van der Waals surface area contributed by atoms with Gasteiger partial charge in [-0.1, -0.05) is 60.7 Å². The van der Waals surface area contributed by atoms with Gasteiger partial charge in [-0.15, -0.1) is 0 Å². The Labute approximate surface area is 112 Å². The highest BCUT2D eigenvalue weighted by atomic mass is 16.1. The molecule has 2 aromatic carbocycles. The van der Waals surface area contributed by atoms with Gasteiger partial charge in [0, 0.05) is 11.1 Å². The van der Waals surface area contributed by atoms with E-state index in [1.165, 1.54) is 13.0 Å². The zero-order chi connectivity index (χ0) is 13.7. The molecule has 0 unspecified atom stereocenters. The van der Waals surface area contributed by atoms with Gasteiger partial charge in [0.05, 0.1) is 0 Å². The van der Waals surface area contributed by atoms with Crippen LogP contribution >= 0.6 is 0 Å². The second-order valence-electron chi connectivity index (χ2n) is 4.21. The van der Waals surface area contributed by atoms with Crippen molar-refractivity contribution in [3.05, 3.63) is 77.4 Å². The standard InChI is InChI=1S/C17H14O2/c1-13(18)16-10-6-5-7-14(16)11-12-17(19)15-8-3-2-4-9-15/h2-12H,1H3. The number of carbonyl (C=O) groups excluding carboxylic acids is 2. The van der Waals surface area contributed by atoms with Crippen LogP contribution in [0.25, 0.3) is 6.08 Å². The maximum atomic E-state index is 11.9. The normalized spacial score (nSPS) is 10.6. The number of benzene rings is 2. The summed E-state index contributed by atoms with van der Waals surface area (Å²) in [5, 5.41) is 0. The van der Waals surface area contributed by atoms with Crippen molar-refractivity contribution in [1.82, 2.24) is 0 Å². The minimum absolute atomic E-state index is 0.00703. The zero-order valence-electron chi connectivity index (χ0n) is 10.7. The Morgan fingerprint density at radius 1 is 0.895 bits per heavy atom. The molecule has 2 heteroatoms. The lowest BCUT2D eigenvalue weighted by atomic mass is 10.0. The fourth-order valence-electron chi connectivity index (χ4n) is 1.83. The van der Waals surface area contributed by atoms with Crippen LogP contribution in [0.4, 0.5) is 0 Å². The van der Waals surface area contributed by atoms with Crippen molar-refractivity contribution in [2.75, 3.05) is 0 Å². The van der Waals surface area contributed by atoms with Crippen LogP contribution in [0.5, 0.6) is 0 Å². The highest BCUT2D eigenvalue weighted by molar-refractivity contribution is 6.07. The Morgan fingerprint density at radius 2 is 1.53 bits per heavy atom. The summed E-state index contributed by atoms with van der Waals surface area (Å²) < 4.78 is 0. The van der Waals surface area contributed by atoms with Crippen LogP contribution in [0.3, 0.4) is 0 Å².